The van der Waals surface area contributed by atoms with E-state index in [0.29, 0.717) is 31.3 Å². The van der Waals surface area contributed by atoms with Crippen LogP contribution in [0.3, 0.4) is 0 Å². The lowest BCUT2D eigenvalue weighted by atomic mass is 9.84. The minimum Gasteiger partial charge on any atom is -0.396 e. The Bertz CT molecular complexity index is 353. The first-order chi connectivity index (χ1) is 9.19. The lowest BCUT2D eigenvalue weighted by Crippen LogP contribution is -2.44. The van der Waals surface area contributed by atoms with E-state index in [1.54, 1.807) is 0 Å². The van der Waals surface area contributed by atoms with Crippen LogP contribution in [0.5, 0.6) is 0 Å². The molecule has 1 spiro atoms. The molecule has 19 heavy (non-hydrogen) atoms. The van der Waals surface area contributed by atoms with Crippen molar-refractivity contribution in [3.63, 3.8) is 0 Å². The van der Waals surface area contributed by atoms with Gasteiger partial charge in [0.05, 0.1) is 18.0 Å². The maximum atomic E-state index is 12.2. The Labute approximate surface area is 122 Å². The van der Waals surface area contributed by atoms with Crippen molar-refractivity contribution in [3.05, 3.63) is 0 Å². The number of aliphatic hydroxyl groups is 1. The fraction of sp³-hybridized carbons (Fsp3) is 0.929. The molecule has 4 nitrogen and oxygen atoms in total. The molecule has 3 aliphatic rings. The Hall–Kier alpha value is 0.0300. The second-order valence-corrected chi connectivity index (χ2v) is 7.01. The zero-order valence-corrected chi connectivity index (χ0v) is 12.6. The zero-order chi connectivity index (χ0) is 13.5. The molecule has 0 aromatic carbocycles. The van der Waals surface area contributed by atoms with Gasteiger partial charge in [0.2, 0.25) is 0 Å². The maximum absolute atomic E-state index is 12.2. The monoisotopic (exact) mass is 332 g/mol. The maximum Gasteiger partial charge on any atom is 0.184 e. The third kappa shape index (κ3) is 2.19. The molecular formula is C14H21BrO4. The van der Waals surface area contributed by atoms with Gasteiger partial charge in [0, 0.05) is 24.9 Å². The van der Waals surface area contributed by atoms with Gasteiger partial charge in [-0.25, -0.2) is 0 Å². The molecule has 2 saturated carbocycles. The molecule has 2 aliphatic carbocycles. The smallest absolute Gasteiger partial charge is 0.184 e. The highest BCUT2D eigenvalue weighted by Crippen LogP contribution is 2.57. The highest BCUT2D eigenvalue weighted by molar-refractivity contribution is 9.09. The number of halogens is 1. The summed E-state index contributed by atoms with van der Waals surface area (Å²) in [6.45, 7) is 1.49. The summed E-state index contributed by atoms with van der Waals surface area (Å²) < 4.78 is 11.9. The predicted octanol–water partition coefficient (Wildman–Crippen LogP) is 1.88. The molecule has 0 aromatic rings. The van der Waals surface area contributed by atoms with Crippen molar-refractivity contribution in [2.24, 2.45) is 17.8 Å². The minimum absolute atomic E-state index is 0.0987. The van der Waals surface area contributed by atoms with E-state index in [4.69, 9.17) is 14.6 Å². The lowest BCUT2D eigenvalue weighted by molar-refractivity contribution is -0.188. The number of Topliss-reactive ketones (excluding diaryl/α,β-unsaturated/α-hetero) is 1. The summed E-state index contributed by atoms with van der Waals surface area (Å²) in [4.78, 5) is 12.3. The molecule has 1 aliphatic heterocycles. The number of rotatable bonds is 4. The first-order valence-electron chi connectivity index (χ1n) is 7.24. The third-order valence-corrected chi connectivity index (χ3v) is 5.91. The molecule has 0 bridgehead atoms. The molecule has 0 amide bonds. The van der Waals surface area contributed by atoms with E-state index < -0.39 is 5.79 Å². The Morgan fingerprint density at radius 2 is 2.05 bits per heavy atom. The van der Waals surface area contributed by atoms with Gasteiger partial charge in [-0.15, -0.1) is 0 Å². The molecular weight excluding hydrogens is 312 g/mol. The fourth-order valence-corrected chi connectivity index (χ4v) is 5.14. The fourth-order valence-electron chi connectivity index (χ4n) is 4.17. The quantitative estimate of drug-likeness (QED) is 0.630. The van der Waals surface area contributed by atoms with Crippen LogP contribution in [0.2, 0.25) is 0 Å². The largest absolute Gasteiger partial charge is 0.396 e. The normalized spacial score (nSPS) is 40.2. The summed E-state index contributed by atoms with van der Waals surface area (Å²) in [5, 5.41) is 8.90. The van der Waals surface area contributed by atoms with Crippen LogP contribution in [-0.2, 0) is 14.3 Å². The molecule has 1 heterocycles. The van der Waals surface area contributed by atoms with Gasteiger partial charge in [0.25, 0.3) is 0 Å². The zero-order valence-electron chi connectivity index (χ0n) is 11.0. The molecule has 4 atom stereocenters. The van der Waals surface area contributed by atoms with Crippen molar-refractivity contribution in [3.8, 4) is 0 Å². The average molecular weight is 333 g/mol. The second-order valence-electron chi connectivity index (χ2n) is 5.90. The van der Waals surface area contributed by atoms with E-state index in [2.05, 4.69) is 15.9 Å². The minimum atomic E-state index is -0.569. The number of fused-ring (bicyclic) bond motifs is 2. The van der Waals surface area contributed by atoms with Crippen LogP contribution >= 0.6 is 15.9 Å². The average Bonchev–Trinajstić information content (AvgIpc) is 3.04. The number of hydrogen-bond acceptors (Lipinski definition) is 4. The first-order valence-corrected chi connectivity index (χ1v) is 8.16. The van der Waals surface area contributed by atoms with Gasteiger partial charge in [-0.1, -0.05) is 22.4 Å². The topological polar surface area (TPSA) is 55.8 Å². The number of carbonyl (C=O) groups excluding carboxylic acids is 1. The Balaban J connectivity index is 1.78. The summed E-state index contributed by atoms with van der Waals surface area (Å²) in [6.07, 6.45) is 4.27. The SMILES string of the molecule is O=C1C[C@H](CCCCO)[C@@H]2[C@H]1CC(Br)C21OCCO1. The Morgan fingerprint density at radius 1 is 1.32 bits per heavy atom. The number of ketones is 1. The van der Waals surface area contributed by atoms with Crippen LogP contribution in [0.25, 0.3) is 0 Å². The second kappa shape index (κ2) is 5.43. The molecule has 1 N–H and O–H groups in total. The lowest BCUT2D eigenvalue weighted by Gasteiger charge is -2.35. The molecule has 1 unspecified atom stereocenters. The van der Waals surface area contributed by atoms with Gasteiger partial charge in [0.1, 0.15) is 5.78 Å². The van der Waals surface area contributed by atoms with Gasteiger partial charge >= 0.3 is 0 Å². The van der Waals surface area contributed by atoms with Crippen LogP contribution in [0.1, 0.15) is 32.1 Å². The van der Waals surface area contributed by atoms with Crippen LogP contribution < -0.4 is 0 Å². The van der Waals surface area contributed by atoms with E-state index in [1.807, 2.05) is 0 Å². The van der Waals surface area contributed by atoms with Crippen LogP contribution in [0, 0.1) is 17.8 Å². The number of unbranched alkanes of at least 4 members (excludes halogenated alkanes) is 1. The number of carbonyl (C=O) groups is 1. The standard InChI is InChI=1S/C14H21BrO4/c15-12-8-10-11(17)7-9(3-1-2-4-16)13(10)14(12)18-5-6-19-14/h9-10,12-13,16H,1-8H2/t9-,10-,12?,13+/m0/s1. The molecule has 3 rings (SSSR count). The van der Waals surface area contributed by atoms with Gasteiger partial charge in [-0.05, 0) is 25.2 Å². The number of hydrogen-bond donors (Lipinski definition) is 1. The van der Waals surface area contributed by atoms with Crippen molar-refractivity contribution in [2.45, 2.75) is 42.7 Å². The van der Waals surface area contributed by atoms with E-state index in [1.165, 1.54) is 0 Å². The van der Waals surface area contributed by atoms with E-state index in [-0.39, 0.29) is 23.3 Å². The Morgan fingerprint density at radius 3 is 2.74 bits per heavy atom. The molecule has 0 aromatic heterocycles. The molecule has 5 heteroatoms. The van der Waals surface area contributed by atoms with Gasteiger partial charge in [-0.2, -0.15) is 0 Å². The van der Waals surface area contributed by atoms with Gasteiger partial charge in [0.15, 0.2) is 5.79 Å². The summed E-state index contributed by atoms with van der Waals surface area (Å²) in [6, 6.07) is 0. The third-order valence-electron chi connectivity index (χ3n) is 4.90. The highest BCUT2D eigenvalue weighted by atomic mass is 79.9. The van der Waals surface area contributed by atoms with Crippen molar-refractivity contribution in [2.75, 3.05) is 19.8 Å². The first kappa shape index (κ1) is 14.0. The van der Waals surface area contributed by atoms with Crippen molar-refractivity contribution in [1.82, 2.24) is 0 Å². The summed E-state index contributed by atoms with van der Waals surface area (Å²) in [7, 11) is 0. The highest BCUT2D eigenvalue weighted by Gasteiger charge is 2.64. The Kier molecular flexibility index (Phi) is 4.00. The number of ether oxygens (including phenoxy) is 2. The molecule has 0 radical (unpaired) electrons. The van der Waals surface area contributed by atoms with Crippen LogP contribution in [-0.4, -0.2) is 41.3 Å². The van der Waals surface area contributed by atoms with Crippen molar-refractivity contribution < 1.29 is 19.4 Å². The van der Waals surface area contributed by atoms with Crippen LogP contribution in [0.15, 0.2) is 0 Å². The van der Waals surface area contributed by atoms with E-state index in [0.717, 1.165) is 25.7 Å². The number of alkyl halides is 1. The van der Waals surface area contributed by atoms with Gasteiger partial charge in [-0.3, -0.25) is 4.79 Å². The van der Waals surface area contributed by atoms with Crippen LogP contribution in [0.4, 0.5) is 0 Å². The predicted molar refractivity (Wildman–Crippen MR) is 73.0 cm³/mol. The number of aliphatic hydroxyl groups excluding tert-OH is 1. The summed E-state index contributed by atoms with van der Waals surface area (Å²) >= 11 is 3.67. The molecule has 108 valence electrons. The molecule has 1 saturated heterocycles. The van der Waals surface area contributed by atoms with Crippen molar-refractivity contribution >= 4 is 21.7 Å². The van der Waals surface area contributed by atoms with Crippen molar-refractivity contribution in [1.29, 1.82) is 0 Å². The van der Waals surface area contributed by atoms with E-state index in [9.17, 15) is 4.79 Å². The summed E-state index contributed by atoms with van der Waals surface area (Å²) in [5.74, 6) is 0.456. The molecule has 3 fully saturated rings. The van der Waals surface area contributed by atoms with E-state index >= 15 is 0 Å². The van der Waals surface area contributed by atoms with Gasteiger partial charge < -0.3 is 14.6 Å². The summed E-state index contributed by atoms with van der Waals surface area (Å²) in [5.41, 5.74) is 0.